The Morgan fingerprint density at radius 2 is 1.77 bits per heavy atom. The molecular weight excluding hydrogens is 460 g/mol. The average molecular weight is 483 g/mol. The third-order valence-corrected chi connectivity index (χ3v) is 7.96. The van der Waals surface area contributed by atoms with Crippen molar-refractivity contribution in [2.45, 2.75) is 31.3 Å². The van der Waals surface area contributed by atoms with E-state index < -0.39 is 23.4 Å². The number of amides is 1. The number of ketones is 2. The van der Waals surface area contributed by atoms with Crippen LogP contribution in [0.15, 0.2) is 72.8 Å². The summed E-state index contributed by atoms with van der Waals surface area (Å²) in [5, 5.41) is 3.31. The molecule has 3 aliphatic heterocycles. The molecule has 1 N–H and O–H groups in total. The first-order chi connectivity index (χ1) is 16.9. The van der Waals surface area contributed by atoms with Gasteiger partial charge in [0.1, 0.15) is 5.41 Å². The van der Waals surface area contributed by atoms with Gasteiger partial charge in [-0.2, -0.15) is 0 Å². The van der Waals surface area contributed by atoms with Gasteiger partial charge in [-0.15, -0.1) is 0 Å². The molecule has 0 aromatic heterocycles. The minimum absolute atomic E-state index is 0.170. The highest BCUT2D eigenvalue weighted by molar-refractivity contribution is 6.34. The Morgan fingerprint density at radius 1 is 1.03 bits per heavy atom. The number of para-hydroxylation sites is 1. The number of fused-ring (bicyclic) bond motifs is 6. The number of carbonyl (C=O) groups excluding carboxylic acids is 3. The van der Waals surface area contributed by atoms with Crippen molar-refractivity contribution in [2.75, 3.05) is 10.2 Å². The highest BCUT2D eigenvalue weighted by Gasteiger charge is 2.69. The molecule has 1 saturated heterocycles. The van der Waals surface area contributed by atoms with Crippen LogP contribution in [0.1, 0.15) is 34.0 Å². The summed E-state index contributed by atoms with van der Waals surface area (Å²) in [7, 11) is 0. The van der Waals surface area contributed by atoms with Crippen molar-refractivity contribution < 1.29 is 14.4 Å². The first-order valence-electron chi connectivity index (χ1n) is 11.6. The number of benzene rings is 3. The molecule has 3 aliphatic rings. The second-order valence-corrected chi connectivity index (χ2v) is 9.93. The second-order valence-electron chi connectivity index (χ2n) is 9.52. The van der Waals surface area contributed by atoms with Crippen LogP contribution in [0.3, 0.4) is 0 Å². The number of Topliss-reactive ketones (excluding diaryl/α,β-unsaturated/α-hetero) is 2. The SMILES string of the molecule is CC(=O)C1C(C(=O)c2ccccc2Cl)C2(C(=O)Nc3ccccc32)C2C=Cc3cc(C)ccc3N12. The zero-order valence-electron chi connectivity index (χ0n) is 19.3. The van der Waals surface area contributed by atoms with Crippen LogP contribution in [-0.4, -0.2) is 29.6 Å². The van der Waals surface area contributed by atoms with Gasteiger partial charge in [-0.1, -0.05) is 65.7 Å². The Morgan fingerprint density at radius 3 is 2.54 bits per heavy atom. The number of carbonyl (C=O) groups is 3. The lowest BCUT2D eigenvalue weighted by atomic mass is 9.64. The number of anilines is 2. The zero-order valence-corrected chi connectivity index (χ0v) is 20.0. The van der Waals surface area contributed by atoms with Gasteiger partial charge in [0.05, 0.1) is 23.0 Å². The molecule has 6 rings (SSSR count). The first-order valence-corrected chi connectivity index (χ1v) is 12.0. The van der Waals surface area contributed by atoms with Gasteiger partial charge in [-0.05, 0) is 55.3 Å². The van der Waals surface area contributed by atoms with E-state index in [-0.39, 0.29) is 17.5 Å². The summed E-state index contributed by atoms with van der Waals surface area (Å²) >= 11 is 6.47. The lowest BCUT2D eigenvalue weighted by molar-refractivity contribution is -0.122. The minimum atomic E-state index is -1.29. The molecule has 1 fully saturated rings. The summed E-state index contributed by atoms with van der Waals surface area (Å²) in [6, 6.07) is 18.9. The predicted octanol–water partition coefficient (Wildman–Crippen LogP) is 5.21. The quantitative estimate of drug-likeness (QED) is 0.520. The van der Waals surface area contributed by atoms with Crippen molar-refractivity contribution in [3.05, 3.63) is 100 Å². The van der Waals surface area contributed by atoms with Gasteiger partial charge in [0.15, 0.2) is 11.6 Å². The minimum Gasteiger partial charge on any atom is -0.352 e. The summed E-state index contributed by atoms with van der Waals surface area (Å²) in [5.74, 6) is -1.72. The Balaban J connectivity index is 1.67. The van der Waals surface area contributed by atoms with Crippen LogP contribution in [-0.2, 0) is 15.0 Å². The van der Waals surface area contributed by atoms with E-state index in [1.54, 1.807) is 24.3 Å². The van der Waals surface area contributed by atoms with Crippen molar-refractivity contribution >= 4 is 46.5 Å². The predicted molar refractivity (Wildman–Crippen MR) is 137 cm³/mol. The molecule has 5 nitrogen and oxygen atoms in total. The number of hydrogen-bond acceptors (Lipinski definition) is 4. The van der Waals surface area contributed by atoms with E-state index in [1.807, 2.05) is 60.4 Å². The highest BCUT2D eigenvalue weighted by atomic mass is 35.5. The summed E-state index contributed by atoms with van der Waals surface area (Å²) in [6.07, 6.45) is 3.97. The van der Waals surface area contributed by atoms with E-state index in [4.69, 9.17) is 11.6 Å². The largest absolute Gasteiger partial charge is 0.352 e. The molecule has 6 heteroatoms. The molecule has 35 heavy (non-hydrogen) atoms. The van der Waals surface area contributed by atoms with Crippen molar-refractivity contribution in [2.24, 2.45) is 5.92 Å². The molecule has 0 saturated carbocycles. The Hall–Kier alpha value is -3.70. The van der Waals surface area contributed by atoms with Crippen LogP contribution in [0, 0.1) is 12.8 Å². The van der Waals surface area contributed by atoms with Gasteiger partial charge >= 0.3 is 0 Å². The van der Waals surface area contributed by atoms with Crippen molar-refractivity contribution in [1.82, 2.24) is 0 Å². The fourth-order valence-electron chi connectivity index (χ4n) is 6.28. The van der Waals surface area contributed by atoms with Crippen LogP contribution in [0.5, 0.6) is 0 Å². The van der Waals surface area contributed by atoms with Crippen molar-refractivity contribution in [3.63, 3.8) is 0 Å². The molecule has 4 unspecified atom stereocenters. The van der Waals surface area contributed by atoms with Gasteiger partial charge in [0.2, 0.25) is 5.91 Å². The number of hydrogen-bond donors (Lipinski definition) is 1. The van der Waals surface area contributed by atoms with Crippen LogP contribution in [0.2, 0.25) is 5.02 Å². The zero-order chi connectivity index (χ0) is 24.5. The van der Waals surface area contributed by atoms with E-state index in [2.05, 4.69) is 11.4 Å². The molecule has 174 valence electrons. The molecule has 1 spiro atoms. The van der Waals surface area contributed by atoms with Crippen molar-refractivity contribution in [3.8, 4) is 0 Å². The standard InChI is InChI=1S/C29H23ClN2O3/c1-16-11-13-23-18(15-16)12-14-24-29(20-8-4-6-10-22(20)31-28(29)35)25(26(17(2)33)32(23)24)27(34)19-7-3-5-9-21(19)30/h3-15,24-26H,1-2H3,(H,31,35). The number of aryl methyl sites for hydroxylation is 1. The first kappa shape index (κ1) is 21.8. The monoisotopic (exact) mass is 482 g/mol. The smallest absolute Gasteiger partial charge is 0.238 e. The normalized spacial score (nSPS) is 25.7. The van der Waals surface area contributed by atoms with Crippen LogP contribution >= 0.6 is 11.6 Å². The van der Waals surface area contributed by atoms with E-state index in [0.29, 0.717) is 16.3 Å². The fraction of sp³-hybridized carbons (Fsp3) is 0.207. The molecule has 3 aromatic rings. The third kappa shape index (κ3) is 2.85. The van der Waals surface area contributed by atoms with Crippen molar-refractivity contribution in [1.29, 1.82) is 0 Å². The second kappa shape index (κ2) is 7.65. The maximum Gasteiger partial charge on any atom is 0.238 e. The Bertz CT molecular complexity index is 1460. The molecule has 3 heterocycles. The number of nitrogens with one attached hydrogen (secondary N) is 1. The maximum atomic E-state index is 14.3. The molecule has 0 radical (unpaired) electrons. The van der Waals surface area contributed by atoms with Crippen LogP contribution in [0.25, 0.3) is 6.08 Å². The molecular formula is C29H23ClN2O3. The van der Waals surface area contributed by atoms with Crippen LogP contribution in [0.4, 0.5) is 11.4 Å². The van der Waals surface area contributed by atoms with Crippen LogP contribution < -0.4 is 10.2 Å². The molecule has 3 aromatic carbocycles. The number of nitrogens with zero attached hydrogens (tertiary/aromatic N) is 1. The molecule has 1 amide bonds. The van der Waals surface area contributed by atoms with E-state index in [9.17, 15) is 14.4 Å². The molecule has 4 atom stereocenters. The fourth-order valence-corrected chi connectivity index (χ4v) is 6.51. The maximum absolute atomic E-state index is 14.3. The van der Waals surface area contributed by atoms with E-state index in [0.717, 1.165) is 22.4 Å². The van der Waals surface area contributed by atoms with E-state index in [1.165, 1.54) is 6.92 Å². The summed E-state index contributed by atoms with van der Waals surface area (Å²) in [5.41, 5.74) is 3.32. The average Bonchev–Trinajstić information content (AvgIpc) is 3.32. The summed E-state index contributed by atoms with van der Waals surface area (Å²) < 4.78 is 0. The lowest BCUT2D eigenvalue weighted by Crippen LogP contribution is -2.51. The molecule has 0 aliphatic carbocycles. The number of halogens is 1. The van der Waals surface area contributed by atoms with Gasteiger partial charge in [0, 0.05) is 16.9 Å². The van der Waals surface area contributed by atoms with Gasteiger partial charge in [0.25, 0.3) is 0 Å². The number of rotatable bonds is 3. The summed E-state index contributed by atoms with van der Waals surface area (Å²) in [6.45, 7) is 3.51. The van der Waals surface area contributed by atoms with Gasteiger partial charge in [-0.25, -0.2) is 0 Å². The third-order valence-electron chi connectivity index (χ3n) is 7.63. The Labute approximate surface area is 208 Å². The Kier molecular flexibility index (Phi) is 4.77. The van der Waals surface area contributed by atoms with Gasteiger partial charge in [-0.3, -0.25) is 14.4 Å². The summed E-state index contributed by atoms with van der Waals surface area (Å²) in [4.78, 5) is 43.7. The topological polar surface area (TPSA) is 66.5 Å². The van der Waals surface area contributed by atoms with E-state index >= 15 is 0 Å². The molecule has 0 bridgehead atoms. The lowest BCUT2D eigenvalue weighted by Gasteiger charge is -2.37. The highest BCUT2D eigenvalue weighted by Crippen LogP contribution is 2.57. The van der Waals surface area contributed by atoms with Gasteiger partial charge < -0.3 is 10.2 Å².